The van der Waals surface area contributed by atoms with Gasteiger partial charge in [-0.2, -0.15) is 0 Å². The lowest BCUT2D eigenvalue weighted by Crippen LogP contribution is -2.24. The molecular weight excluding hydrogens is 317 g/mol. The van der Waals surface area contributed by atoms with E-state index in [1.165, 1.54) is 6.07 Å². The van der Waals surface area contributed by atoms with E-state index in [1.54, 1.807) is 29.5 Å². The Balaban J connectivity index is 1.88. The zero-order valence-corrected chi connectivity index (χ0v) is 11.9. The first-order valence-corrected chi connectivity index (χ1v) is 7.05. The number of halogens is 2. The van der Waals surface area contributed by atoms with Crippen molar-refractivity contribution in [2.75, 3.05) is 0 Å². The molecule has 0 spiro atoms. The van der Waals surface area contributed by atoms with E-state index < -0.39 is 0 Å². The maximum absolute atomic E-state index is 13.3. The van der Waals surface area contributed by atoms with Gasteiger partial charge in [0.1, 0.15) is 5.82 Å². The predicted molar refractivity (Wildman–Crippen MR) is 74.0 cm³/mol. The van der Waals surface area contributed by atoms with Crippen LogP contribution < -0.4 is 5.32 Å². The molecule has 0 aliphatic rings. The average Bonchev–Trinajstić information content (AvgIpc) is 2.76. The van der Waals surface area contributed by atoms with Crippen molar-refractivity contribution in [2.24, 2.45) is 0 Å². The highest BCUT2D eigenvalue weighted by molar-refractivity contribution is 9.10. The smallest absolute Gasteiger partial charge is 0.224 e. The second kappa shape index (κ2) is 6.11. The largest absolute Gasteiger partial charge is 0.351 e. The third-order valence-electron chi connectivity index (χ3n) is 2.39. The lowest BCUT2D eigenvalue weighted by Gasteiger charge is -2.04. The second-order valence-electron chi connectivity index (χ2n) is 3.78. The van der Waals surface area contributed by atoms with Gasteiger partial charge in [0.05, 0.1) is 13.0 Å². The molecule has 1 heterocycles. The molecule has 0 bridgehead atoms. The molecule has 0 saturated carbocycles. The minimum Gasteiger partial charge on any atom is -0.351 e. The van der Waals surface area contributed by atoms with Crippen LogP contribution in [0.1, 0.15) is 10.4 Å². The van der Waals surface area contributed by atoms with E-state index in [1.807, 2.05) is 11.4 Å². The molecule has 1 aromatic carbocycles. The highest BCUT2D eigenvalue weighted by Crippen LogP contribution is 2.19. The van der Waals surface area contributed by atoms with Crippen molar-refractivity contribution in [1.82, 2.24) is 5.32 Å². The lowest BCUT2D eigenvalue weighted by molar-refractivity contribution is -0.120. The van der Waals surface area contributed by atoms with Crippen molar-refractivity contribution in [2.45, 2.75) is 13.0 Å². The molecule has 18 heavy (non-hydrogen) atoms. The van der Waals surface area contributed by atoms with E-state index >= 15 is 0 Å². The summed E-state index contributed by atoms with van der Waals surface area (Å²) < 4.78 is 14.3. The van der Waals surface area contributed by atoms with E-state index in [-0.39, 0.29) is 18.1 Å². The van der Waals surface area contributed by atoms with Crippen molar-refractivity contribution in [3.8, 4) is 0 Å². The normalized spacial score (nSPS) is 10.3. The Morgan fingerprint density at radius 1 is 1.39 bits per heavy atom. The summed E-state index contributed by atoms with van der Waals surface area (Å²) in [4.78, 5) is 12.7. The van der Waals surface area contributed by atoms with Gasteiger partial charge >= 0.3 is 0 Å². The van der Waals surface area contributed by atoms with E-state index in [9.17, 15) is 9.18 Å². The molecular formula is C13H11BrFNOS. The molecule has 5 heteroatoms. The summed E-state index contributed by atoms with van der Waals surface area (Å²) in [5, 5.41) is 4.73. The van der Waals surface area contributed by atoms with Gasteiger partial charge in [0.2, 0.25) is 5.91 Å². The molecule has 0 unspecified atom stereocenters. The van der Waals surface area contributed by atoms with Gasteiger partial charge in [-0.1, -0.05) is 18.2 Å². The Hall–Kier alpha value is -1.20. The number of amides is 1. The number of rotatable bonds is 4. The van der Waals surface area contributed by atoms with Crippen LogP contribution in [-0.4, -0.2) is 5.91 Å². The zero-order valence-electron chi connectivity index (χ0n) is 9.45. The van der Waals surface area contributed by atoms with Crippen LogP contribution in [0.25, 0.3) is 0 Å². The van der Waals surface area contributed by atoms with E-state index in [4.69, 9.17) is 0 Å². The van der Waals surface area contributed by atoms with Gasteiger partial charge in [-0.05, 0) is 33.6 Å². The minimum absolute atomic E-state index is 0.0687. The Bertz CT molecular complexity index is 555. The van der Waals surface area contributed by atoms with Gasteiger partial charge in [0.15, 0.2) is 0 Å². The van der Waals surface area contributed by atoms with E-state index in [2.05, 4.69) is 21.2 Å². The summed E-state index contributed by atoms with van der Waals surface area (Å²) in [5.41, 5.74) is 0.419. The number of thiophene rings is 1. The van der Waals surface area contributed by atoms with Gasteiger partial charge in [-0.3, -0.25) is 4.79 Å². The van der Waals surface area contributed by atoms with E-state index in [0.717, 1.165) is 9.35 Å². The van der Waals surface area contributed by atoms with Crippen LogP contribution in [0.5, 0.6) is 0 Å². The number of hydrogen-bond acceptors (Lipinski definition) is 2. The standard InChI is InChI=1S/C13H11BrFNOS/c14-10-6-11(18-8-10)7-16-13(17)5-9-3-1-2-4-12(9)15/h1-4,6,8H,5,7H2,(H,16,17). The lowest BCUT2D eigenvalue weighted by atomic mass is 10.1. The first-order chi connectivity index (χ1) is 8.65. The molecule has 0 fully saturated rings. The van der Waals surface area contributed by atoms with Crippen LogP contribution in [-0.2, 0) is 17.8 Å². The number of benzene rings is 1. The maximum atomic E-state index is 13.3. The number of carbonyl (C=O) groups excluding carboxylic acids is 1. The highest BCUT2D eigenvalue weighted by atomic mass is 79.9. The van der Waals surface area contributed by atoms with Crippen LogP contribution in [0.4, 0.5) is 4.39 Å². The SMILES string of the molecule is O=C(Cc1ccccc1F)NCc1cc(Br)cs1. The summed E-state index contributed by atoms with van der Waals surface area (Å²) in [6, 6.07) is 8.27. The number of hydrogen-bond donors (Lipinski definition) is 1. The molecule has 0 atom stereocenters. The Labute approximate surface area is 117 Å². The summed E-state index contributed by atoms with van der Waals surface area (Å²) in [6.45, 7) is 0.476. The van der Waals surface area contributed by atoms with Crippen LogP contribution >= 0.6 is 27.3 Å². The molecule has 0 aliphatic carbocycles. The highest BCUT2D eigenvalue weighted by Gasteiger charge is 2.07. The number of carbonyl (C=O) groups is 1. The average molecular weight is 328 g/mol. The molecule has 1 amide bonds. The molecule has 2 nitrogen and oxygen atoms in total. The quantitative estimate of drug-likeness (QED) is 0.914. The van der Waals surface area contributed by atoms with Crippen molar-refractivity contribution >= 4 is 33.2 Å². The molecule has 94 valence electrons. The minimum atomic E-state index is -0.341. The third kappa shape index (κ3) is 3.65. The topological polar surface area (TPSA) is 29.1 Å². The first kappa shape index (κ1) is 13.2. The van der Waals surface area contributed by atoms with Crippen LogP contribution in [0.2, 0.25) is 0 Å². The number of nitrogens with one attached hydrogen (secondary N) is 1. The molecule has 0 radical (unpaired) electrons. The fourth-order valence-electron chi connectivity index (χ4n) is 1.51. The molecule has 1 N–H and O–H groups in total. The fraction of sp³-hybridized carbons (Fsp3) is 0.154. The van der Waals surface area contributed by atoms with Gasteiger partial charge in [0, 0.05) is 14.7 Å². The van der Waals surface area contributed by atoms with Crippen molar-refractivity contribution in [3.63, 3.8) is 0 Å². The van der Waals surface area contributed by atoms with E-state index in [0.29, 0.717) is 12.1 Å². The Morgan fingerprint density at radius 3 is 2.83 bits per heavy atom. The molecule has 0 aliphatic heterocycles. The molecule has 2 rings (SSSR count). The molecule has 0 saturated heterocycles. The third-order valence-corrected chi connectivity index (χ3v) is 4.09. The zero-order chi connectivity index (χ0) is 13.0. The maximum Gasteiger partial charge on any atom is 0.224 e. The van der Waals surface area contributed by atoms with Crippen LogP contribution in [0.3, 0.4) is 0 Å². The monoisotopic (exact) mass is 327 g/mol. The van der Waals surface area contributed by atoms with Crippen molar-refractivity contribution in [3.05, 3.63) is 56.4 Å². The second-order valence-corrected chi connectivity index (χ2v) is 5.69. The summed E-state index contributed by atoms with van der Waals surface area (Å²) in [7, 11) is 0. The predicted octanol–water partition coefficient (Wildman–Crippen LogP) is 3.51. The van der Waals surface area contributed by atoms with Crippen molar-refractivity contribution in [1.29, 1.82) is 0 Å². The summed E-state index contributed by atoms with van der Waals surface area (Å²) >= 11 is 4.92. The van der Waals surface area contributed by atoms with Gasteiger partial charge in [-0.25, -0.2) is 4.39 Å². The van der Waals surface area contributed by atoms with Crippen molar-refractivity contribution < 1.29 is 9.18 Å². The summed E-state index contributed by atoms with van der Waals surface area (Å²) in [5.74, 6) is -0.517. The van der Waals surface area contributed by atoms with Gasteiger partial charge in [0.25, 0.3) is 0 Å². The Kier molecular flexibility index (Phi) is 4.49. The Morgan fingerprint density at radius 2 is 2.17 bits per heavy atom. The van der Waals surface area contributed by atoms with Crippen LogP contribution in [0, 0.1) is 5.82 Å². The van der Waals surface area contributed by atoms with Gasteiger partial charge < -0.3 is 5.32 Å². The van der Waals surface area contributed by atoms with Gasteiger partial charge in [-0.15, -0.1) is 11.3 Å². The summed E-state index contributed by atoms with van der Waals surface area (Å²) in [6.07, 6.45) is 0.0687. The fourth-order valence-corrected chi connectivity index (χ4v) is 2.90. The van der Waals surface area contributed by atoms with Crippen LogP contribution in [0.15, 0.2) is 40.2 Å². The molecule has 2 aromatic rings. The first-order valence-electron chi connectivity index (χ1n) is 5.38. The molecule has 1 aromatic heterocycles.